The third-order valence-electron chi connectivity index (χ3n) is 4.14. The molecule has 1 aromatic rings. The molecule has 5 heteroatoms. The fourth-order valence-corrected chi connectivity index (χ4v) is 3.07. The van der Waals surface area contributed by atoms with Crippen LogP contribution in [-0.2, 0) is 6.18 Å². The summed E-state index contributed by atoms with van der Waals surface area (Å²) in [6.07, 6.45) is -0.356. The van der Waals surface area contributed by atoms with Crippen LogP contribution >= 0.6 is 11.6 Å². The quantitative estimate of drug-likeness (QED) is 0.734. The SMILES string of the molecule is CC1(C)CCCCC1Nc1c(Cl)cccc1C(F)(F)F. The lowest BCUT2D eigenvalue weighted by Gasteiger charge is -2.40. The van der Waals surface area contributed by atoms with Gasteiger partial charge in [-0.05, 0) is 30.4 Å². The summed E-state index contributed by atoms with van der Waals surface area (Å²) < 4.78 is 39.2. The van der Waals surface area contributed by atoms with Crippen LogP contribution < -0.4 is 5.32 Å². The second kappa shape index (κ2) is 5.47. The molecule has 0 aliphatic heterocycles. The van der Waals surface area contributed by atoms with Gasteiger partial charge in [-0.15, -0.1) is 0 Å². The Balaban J connectivity index is 2.33. The normalized spacial score (nSPS) is 22.6. The van der Waals surface area contributed by atoms with Crippen LogP contribution in [0.25, 0.3) is 0 Å². The van der Waals surface area contributed by atoms with E-state index in [1.807, 2.05) is 0 Å². The molecule has 1 aliphatic rings. The molecule has 20 heavy (non-hydrogen) atoms. The van der Waals surface area contributed by atoms with Crippen molar-refractivity contribution >= 4 is 17.3 Å². The Kier molecular flexibility index (Phi) is 4.24. The van der Waals surface area contributed by atoms with Crippen LogP contribution in [0.3, 0.4) is 0 Å². The number of anilines is 1. The highest BCUT2D eigenvalue weighted by molar-refractivity contribution is 6.33. The van der Waals surface area contributed by atoms with E-state index < -0.39 is 11.7 Å². The van der Waals surface area contributed by atoms with Gasteiger partial charge in [-0.1, -0.05) is 44.4 Å². The molecule has 0 heterocycles. The Morgan fingerprint density at radius 2 is 1.95 bits per heavy atom. The summed E-state index contributed by atoms with van der Waals surface area (Å²) in [5.41, 5.74) is -0.701. The molecule has 0 radical (unpaired) electrons. The third kappa shape index (κ3) is 3.22. The summed E-state index contributed by atoms with van der Waals surface area (Å²) in [7, 11) is 0. The number of rotatable bonds is 2. The first-order valence-electron chi connectivity index (χ1n) is 6.84. The van der Waals surface area contributed by atoms with E-state index in [0.29, 0.717) is 0 Å². The molecule has 1 unspecified atom stereocenters. The minimum atomic E-state index is -4.40. The molecular weight excluding hydrogens is 287 g/mol. The molecule has 1 atom stereocenters. The van der Waals surface area contributed by atoms with Gasteiger partial charge in [0.05, 0.1) is 16.3 Å². The van der Waals surface area contributed by atoms with Gasteiger partial charge in [0.1, 0.15) is 0 Å². The molecule has 1 fully saturated rings. The summed E-state index contributed by atoms with van der Waals surface area (Å²) in [5.74, 6) is 0. The highest BCUT2D eigenvalue weighted by atomic mass is 35.5. The molecule has 0 bridgehead atoms. The Labute approximate surface area is 122 Å². The molecule has 1 nitrogen and oxygen atoms in total. The highest BCUT2D eigenvalue weighted by Crippen LogP contribution is 2.42. The average molecular weight is 306 g/mol. The molecule has 1 N–H and O–H groups in total. The van der Waals surface area contributed by atoms with Crippen molar-refractivity contribution in [2.24, 2.45) is 5.41 Å². The Hall–Kier alpha value is -0.900. The number of para-hydroxylation sites is 1. The number of halogens is 4. The number of nitrogens with one attached hydrogen (secondary N) is 1. The van der Waals surface area contributed by atoms with Crippen LogP contribution in [-0.4, -0.2) is 6.04 Å². The van der Waals surface area contributed by atoms with Gasteiger partial charge in [0, 0.05) is 6.04 Å². The first-order chi connectivity index (χ1) is 9.22. The van der Waals surface area contributed by atoms with Gasteiger partial charge in [-0.3, -0.25) is 0 Å². The zero-order valence-electron chi connectivity index (χ0n) is 11.6. The number of benzene rings is 1. The second-order valence-electron chi connectivity index (χ2n) is 6.09. The molecule has 0 amide bonds. The molecule has 0 saturated heterocycles. The van der Waals surface area contributed by atoms with Crippen molar-refractivity contribution in [3.8, 4) is 0 Å². The lowest BCUT2D eigenvalue weighted by molar-refractivity contribution is -0.137. The Bertz CT molecular complexity index is 482. The molecule has 112 valence electrons. The smallest absolute Gasteiger partial charge is 0.380 e. The van der Waals surface area contributed by atoms with Gasteiger partial charge in [0.15, 0.2) is 0 Å². The summed E-state index contributed by atoms with van der Waals surface area (Å²) >= 11 is 5.99. The van der Waals surface area contributed by atoms with Crippen molar-refractivity contribution in [3.63, 3.8) is 0 Å². The van der Waals surface area contributed by atoms with Gasteiger partial charge < -0.3 is 5.32 Å². The maximum atomic E-state index is 13.1. The molecule has 0 spiro atoms. The van der Waals surface area contributed by atoms with Gasteiger partial charge in [0.2, 0.25) is 0 Å². The predicted molar refractivity (Wildman–Crippen MR) is 76.1 cm³/mol. The van der Waals surface area contributed by atoms with Gasteiger partial charge in [-0.25, -0.2) is 0 Å². The summed E-state index contributed by atoms with van der Waals surface area (Å²) in [6, 6.07) is 3.92. The monoisotopic (exact) mass is 305 g/mol. The van der Waals surface area contributed by atoms with Crippen molar-refractivity contribution in [1.29, 1.82) is 0 Å². The lowest BCUT2D eigenvalue weighted by atomic mass is 9.73. The Morgan fingerprint density at radius 3 is 2.55 bits per heavy atom. The van der Waals surface area contributed by atoms with Gasteiger partial charge in [-0.2, -0.15) is 13.2 Å². The predicted octanol–water partition coefficient (Wildman–Crippen LogP) is 5.74. The minimum Gasteiger partial charge on any atom is -0.380 e. The number of alkyl halides is 3. The van der Waals surface area contributed by atoms with E-state index in [1.54, 1.807) is 0 Å². The van der Waals surface area contributed by atoms with Crippen molar-refractivity contribution in [2.75, 3.05) is 5.32 Å². The van der Waals surface area contributed by atoms with E-state index in [2.05, 4.69) is 19.2 Å². The average Bonchev–Trinajstić information content (AvgIpc) is 2.32. The number of hydrogen-bond acceptors (Lipinski definition) is 1. The van der Waals surface area contributed by atoms with E-state index in [-0.39, 0.29) is 22.2 Å². The third-order valence-corrected chi connectivity index (χ3v) is 4.46. The Morgan fingerprint density at radius 1 is 1.25 bits per heavy atom. The van der Waals surface area contributed by atoms with E-state index >= 15 is 0 Å². The molecule has 1 saturated carbocycles. The highest BCUT2D eigenvalue weighted by Gasteiger charge is 2.37. The molecule has 2 rings (SSSR count). The van der Waals surface area contributed by atoms with Crippen molar-refractivity contribution < 1.29 is 13.2 Å². The summed E-state index contributed by atoms with van der Waals surface area (Å²) in [4.78, 5) is 0. The summed E-state index contributed by atoms with van der Waals surface area (Å²) in [5, 5.41) is 3.19. The molecule has 1 aromatic carbocycles. The van der Waals surface area contributed by atoms with Crippen molar-refractivity contribution in [2.45, 2.75) is 51.7 Å². The first kappa shape index (κ1) is 15.5. The topological polar surface area (TPSA) is 12.0 Å². The summed E-state index contributed by atoms with van der Waals surface area (Å²) in [6.45, 7) is 4.18. The van der Waals surface area contributed by atoms with E-state index in [1.165, 1.54) is 12.1 Å². The van der Waals surface area contributed by atoms with E-state index in [0.717, 1.165) is 31.7 Å². The first-order valence-corrected chi connectivity index (χ1v) is 7.22. The van der Waals surface area contributed by atoms with Crippen LogP contribution in [0.5, 0.6) is 0 Å². The van der Waals surface area contributed by atoms with Gasteiger partial charge in [0.25, 0.3) is 0 Å². The fraction of sp³-hybridized carbons (Fsp3) is 0.600. The van der Waals surface area contributed by atoms with E-state index in [4.69, 9.17) is 11.6 Å². The zero-order valence-corrected chi connectivity index (χ0v) is 12.4. The van der Waals surface area contributed by atoms with Crippen LogP contribution in [0.1, 0.15) is 45.1 Å². The van der Waals surface area contributed by atoms with Crippen LogP contribution in [0, 0.1) is 5.41 Å². The van der Waals surface area contributed by atoms with Crippen molar-refractivity contribution in [3.05, 3.63) is 28.8 Å². The standard InChI is InChI=1S/C15H19ClF3N/c1-14(2)9-4-3-8-12(14)20-13-10(15(17,18)19)6-5-7-11(13)16/h5-7,12,20H,3-4,8-9H2,1-2H3. The van der Waals surface area contributed by atoms with Crippen LogP contribution in [0.15, 0.2) is 18.2 Å². The molecule has 1 aliphatic carbocycles. The van der Waals surface area contributed by atoms with E-state index in [9.17, 15) is 13.2 Å². The van der Waals surface area contributed by atoms with Crippen LogP contribution in [0.4, 0.5) is 18.9 Å². The van der Waals surface area contributed by atoms with Crippen molar-refractivity contribution in [1.82, 2.24) is 0 Å². The molecular formula is C15H19ClF3N. The number of hydrogen-bond donors (Lipinski definition) is 1. The molecule has 0 aromatic heterocycles. The minimum absolute atomic E-state index is 0.0113. The van der Waals surface area contributed by atoms with Crippen LogP contribution in [0.2, 0.25) is 5.02 Å². The second-order valence-corrected chi connectivity index (χ2v) is 6.50. The maximum Gasteiger partial charge on any atom is 0.418 e. The lowest BCUT2D eigenvalue weighted by Crippen LogP contribution is -2.39. The maximum absolute atomic E-state index is 13.1. The fourth-order valence-electron chi connectivity index (χ4n) is 2.84. The largest absolute Gasteiger partial charge is 0.418 e. The zero-order chi connectivity index (χ0) is 15.0. The van der Waals surface area contributed by atoms with Gasteiger partial charge >= 0.3 is 6.18 Å².